The fraction of sp³-hybridized carbons (Fsp3) is 0.182. The van der Waals surface area contributed by atoms with Crippen molar-refractivity contribution < 1.29 is 4.79 Å². The van der Waals surface area contributed by atoms with Crippen molar-refractivity contribution in [3.8, 4) is 0 Å². The molecular weight excluding hydrogens is 218 g/mol. The lowest BCUT2D eigenvalue weighted by Crippen LogP contribution is -2.23. The molecule has 0 unspecified atom stereocenters. The Hall–Kier alpha value is -2.37. The third kappa shape index (κ3) is 2.81. The molecule has 0 atom stereocenters. The summed E-state index contributed by atoms with van der Waals surface area (Å²) >= 11 is 0. The number of H-pyrrole nitrogens is 1. The van der Waals surface area contributed by atoms with Crippen LogP contribution >= 0.6 is 0 Å². The van der Waals surface area contributed by atoms with Gasteiger partial charge in [0.05, 0.1) is 24.1 Å². The first kappa shape index (κ1) is 11.1. The van der Waals surface area contributed by atoms with Crippen LogP contribution in [0.25, 0.3) is 0 Å². The molecule has 0 aromatic carbocycles. The van der Waals surface area contributed by atoms with Gasteiger partial charge in [-0.15, -0.1) is 0 Å². The van der Waals surface area contributed by atoms with Crippen LogP contribution in [0.1, 0.15) is 21.9 Å². The minimum absolute atomic E-state index is 0.218. The van der Waals surface area contributed by atoms with E-state index >= 15 is 0 Å². The topological polar surface area (TPSA) is 96.7 Å². The number of nitrogen functional groups attached to an aromatic ring is 1. The summed E-state index contributed by atoms with van der Waals surface area (Å²) in [5, 5.41) is 2.72. The molecule has 2 aromatic heterocycles. The lowest BCUT2D eigenvalue weighted by atomic mass is 10.3. The number of aromatic nitrogens is 3. The van der Waals surface area contributed by atoms with Crippen molar-refractivity contribution in [3.05, 3.63) is 41.7 Å². The van der Waals surface area contributed by atoms with Crippen LogP contribution in [0.3, 0.4) is 0 Å². The van der Waals surface area contributed by atoms with E-state index in [1.54, 1.807) is 24.7 Å². The van der Waals surface area contributed by atoms with Gasteiger partial charge in [-0.1, -0.05) is 0 Å². The smallest absolute Gasteiger partial charge is 0.268 e. The van der Waals surface area contributed by atoms with Crippen LogP contribution in [0.4, 0.5) is 5.69 Å². The molecule has 6 nitrogen and oxygen atoms in total. The van der Waals surface area contributed by atoms with Crippen molar-refractivity contribution >= 4 is 11.6 Å². The number of amides is 1. The second-order valence-corrected chi connectivity index (χ2v) is 3.68. The van der Waals surface area contributed by atoms with Crippen molar-refractivity contribution in [2.75, 3.05) is 5.73 Å². The maximum atomic E-state index is 11.7. The van der Waals surface area contributed by atoms with Gasteiger partial charge < -0.3 is 16.0 Å². The molecule has 0 aliphatic heterocycles. The Labute approximate surface area is 98.3 Å². The SMILES string of the molecule is Cc1cnc(CNC(=O)c2cc(N)c[nH]2)cn1. The second kappa shape index (κ2) is 4.65. The summed E-state index contributed by atoms with van der Waals surface area (Å²) in [5.41, 5.74) is 8.03. The van der Waals surface area contributed by atoms with E-state index in [1.165, 1.54) is 0 Å². The fourth-order valence-electron chi connectivity index (χ4n) is 1.32. The summed E-state index contributed by atoms with van der Waals surface area (Å²) in [6, 6.07) is 1.58. The van der Waals surface area contributed by atoms with Gasteiger partial charge in [-0.25, -0.2) is 0 Å². The molecule has 0 bridgehead atoms. The first-order valence-electron chi connectivity index (χ1n) is 5.15. The zero-order valence-electron chi connectivity index (χ0n) is 9.40. The van der Waals surface area contributed by atoms with E-state index < -0.39 is 0 Å². The van der Waals surface area contributed by atoms with Crippen LogP contribution in [-0.4, -0.2) is 20.9 Å². The highest BCUT2D eigenvalue weighted by Gasteiger charge is 2.07. The van der Waals surface area contributed by atoms with Crippen LogP contribution < -0.4 is 11.1 Å². The molecule has 6 heteroatoms. The maximum absolute atomic E-state index is 11.7. The fourth-order valence-corrected chi connectivity index (χ4v) is 1.32. The van der Waals surface area contributed by atoms with Crippen LogP contribution in [-0.2, 0) is 6.54 Å². The molecule has 1 amide bonds. The summed E-state index contributed by atoms with van der Waals surface area (Å²) in [6.45, 7) is 2.20. The summed E-state index contributed by atoms with van der Waals surface area (Å²) in [7, 11) is 0. The van der Waals surface area contributed by atoms with Crippen molar-refractivity contribution in [2.45, 2.75) is 13.5 Å². The standard InChI is InChI=1S/C11H13N5O/c1-7-3-14-9(5-13-7)6-16-11(17)10-2-8(12)4-15-10/h2-5,15H,6,12H2,1H3,(H,16,17). The van der Waals surface area contributed by atoms with Crippen LogP contribution in [0.15, 0.2) is 24.7 Å². The van der Waals surface area contributed by atoms with Gasteiger partial charge in [0, 0.05) is 18.1 Å². The molecule has 0 fully saturated rings. The third-order valence-electron chi connectivity index (χ3n) is 2.21. The number of hydrogen-bond acceptors (Lipinski definition) is 4. The van der Waals surface area contributed by atoms with Gasteiger partial charge in [-0.2, -0.15) is 0 Å². The first-order valence-corrected chi connectivity index (χ1v) is 5.15. The number of rotatable bonds is 3. The highest BCUT2D eigenvalue weighted by molar-refractivity contribution is 5.93. The van der Waals surface area contributed by atoms with Gasteiger partial charge >= 0.3 is 0 Å². The van der Waals surface area contributed by atoms with Gasteiger partial charge in [-0.3, -0.25) is 14.8 Å². The van der Waals surface area contributed by atoms with Crippen molar-refractivity contribution in [1.29, 1.82) is 0 Å². The lowest BCUT2D eigenvalue weighted by Gasteiger charge is -2.02. The lowest BCUT2D eigenvalue weighted by molar-refractivity contribution is 0.0946. The quantitative estimate of drug-likeness (QED) is 0.721. The Morgan fingerprint density at radius 2 is 2.29 bits per heavy atom. The molecule has 0 spiro atoms. The van der Waals surface area contributed by atoms with Gasteiger partial charge in [0.25, 0.3) is 5.91 Å². The number of nitrogens with one attached hydrogen (secondary N) is 2. The molecule has 0 radical (unpaired) electrons. The van der Waals surface area contributed by atoms with Crippen LogP contribution in [0.2, 0.25) is 0 Å². The largest absolute Gasteiger partial charge is 0.397 e. The zero-order valence-corrected chi connectivity index (χ0v) is 9.40. The Bertz CT molecular complexity index is 517. The number of aryl methyl sites for hydroxylation is 1. The van der Waals surface area contributed by atoms with Gasteiger partial charge in [-0.05, 0) is 13.0 Å². The molecular formula is C11H13N5O. The number of anilines is 1. The summed E-state index contributed by atoms with van der Waals surface area (Å²) in [4.78, 5) is 22.7. The maximum Gasteiger partial charge on any atom is 0.268 e. The van der Waals surface area contributed by atoms with Gasteiger partial charge in [0.2, 0.25) is 0 Å². The summed E-state index contributed by atoms with van der Waals surface area (Å²) in [5.74, 6) is -0.218. The van der Waals surface area contributed by atoms with Crippen molar-refractivity contribution in [3.63, 3.8) is 0 Å². The Balaban J connectivity index is 1.94. The minimum atomic E-state index is -0.218. The van der Waals surface area contributed by atoms with E-state index in [1.807, 2.05) is 6.92 Å². The Morgan fingerprint density at radius 1 is 1.47 bits per heavy atom. The molecule has 0 saturated heterocycles. The molecule has 0 saturated carbocycles. The minimum Gasteiger partial charge on any atom is -0.397 e. The van der Waals surface area contributed by atoms with E-state index in [2.05, 4.69) is 20.3 Å². The van der Waals surface area contributed by atoms with E-state index in [9.17, 15) is 4.79 Å². The van der Waals surface area contributed by atoms with Crippen LogP contribution in [0, 0.1) is 6.92 Å². The third-order valence-corrected chi connectivity index (χ3v) is 2.21. The molecule has 0 aliphatic rings. The predicted octanol–water partition coefficient (Wildman–Crippen LogP) is 0.625. The van der Waals surface area contributed by atoms with Crippen molar-refractivity contribution in [2.24, 2.45) is 0 Å². The van der Waals surface area contributed by atoms with Crippen LogP contribution in [0.5, 0.6) is 0 Å². The average Bonchev–Trinajstić information content (AvgIpc) is 2.75. The van der Waals surface area contributed by atoms with E-state index in [0.717, 1.165) is 5.69 Å². The molecule has 88 valence electrons. The molecule has 17 heavy (non-hydrogen) atoms. The molecule has 0 aliphatic carbocycles. The number of hydrogen-bond donors (Lipinski definition) is 3. The summed E-state index contributed by atoms with van der Waals surface area (Å²) < 4.78 is 0. The molecule has 4 N–H and O–H groups in total. The number of aromatic amines is 1. The van der Waals surface area contributed by atoms with E-state index in [4.69, 9.17) is 5.73 Å². The Kier molecular flexibility index (Phi) is 3.04. The predicted molar refractivity (Wildman–Crippen MR) is 63.1 cm³/mol. The monoisotopic (exact) mass is 231 g/mol. The first-order chi connectivity index (χ1) is 8.15. The number of carbonyl (C=O) groups excluding carboxylic acids is 1. The average molecular weight is 231 g/mol. The zero-order chi connectivity index (χ0) is 12.3. The summed E-state index contributed by atoms with van der Waals surface area (Å²) in [6.07, 6.45) is 4.87. The van der Waals surface area contributed by atoms with Gasteiger partial charge in [0.1, 0.15) is 5.69 Å². The second-order valence-electron chi connectivity index (χ2n) is 3.68. The number of nitrogens with zero attached hydrogens (tertiary/aromatic N) is 2. The normalized spacial score (nSPS) is 10.2. The molecule has 2 heterocycles. The van der Waals surface area contributed by atoms with Crippen molar-refractivity contribution in [1.82, 2.24) is 20.3 Å². The molecule has 2 aromatic rings. The molecule has 2 rings (SSSR count). The Morgan fingerprint density at radius 3 is 2.88 bits per heavy atom. The van der Waals surface area contributed by atoms with E-state index in [0.29, 0.717) is 23.6 Å². The van der Waals surface area contributed by atoms with E-state index in [-0.39, 0.29) is 5.91 Å². The highest BCUT2D eigenvalue weighted by Crippen LogP contribution is 2.04. The number of carbonyl (C=O) groups is 1. The highest BCUT2D eigenvalue weighted by atomic mass is 16.1. The number of nitrogens with two attached hydrogens (primary N) is 1. The van der Waals surface area contributed by atoms with Gasteiger partial charge in [0.15, 0.2) is 0 Å².